The van der Waals surface area contributed by atoms with Crippen LogP contribution >= 0.6 is 0 Å². The van der Waals surface area contributed by atoms with Crippen molar-refractivity contribution >= 4 is 23.1 Å². The zero-order chi connectivity index (χ0) is 12.8. The third kappa shape index (κ3) is 4.68. The van der Waals surface area contributed by atoms with Crippen molar-refractivity contribution in [1.29, 1.82) is 0 Å². The standard InChI is InChI=1S/C13H18N2O2/c1-10(16)7-8-13(17)14-11-5-4-6-12(9-11)15(2)3/h4-6,9H,7-8H2,1-3H3,(H,14,17). The molecule has 0 heterocycles. The minimum absolute atomic E-state index is 0.0298. The molecule has 0 saturated carbocycles. The molecule has 0 spiro atoms. The van der Waals surface area contributed by atoms with Gasteiger partial charge in [0.15, 0.2) is 0 Å². The Balaban J connectivity index is 2.59. The number of anilines is 2. The number of carbonyl (C=O) groups is 2. The number of hydrogen-bond acceptors (Lipinski definition) is 3. The third-order valence-electron chi connectivity index (χ3n) is 2.35. The number of Topliss-reactive ketones (excluding diaryl/α,β-unsaturated/α-hetero) is 1. The first kappa shape index (κ1) is 13.2. The van der Waals surface area contributed by atoms with E-state index in [4.69, 9.17) is 0 Å². The topological polar surface area (TPSA) is 49.4 Å². The average Bonchev–Trinajstić information content (AvgIpc) is 2.26. The van der Waals surface area contributed by atoms with E-state index in [0.717, 1.165) is 11.4 Å². The molecule has 0 aromatic heterocycles. The summed E-state index contributed by atoms with van der Waals surface area (Å²) >= 11 is 0. The molecule has 1 rings (SSSR count). The minimum Gasteiger partial charge on any atom is -0.378 e. The van der Waals surface area contributed by atoms with Crippen molar-refractivity contribution in [3.8, 4) is 0 Å². The van der Waals surface area contributed by atoms with Gasteiger partial charge in [-0.05, 0) is 25.1 Å². The average molecular weight is 234 g/mol. The summed E-state index contributed by atoms with van der Waals surface area (Å²) < 4.78 is 0. The molecule has 17 heavy (non-hydrogen) atoms. The molecule has 0 atom stereocenters. The van der Waals surface area contributed by atoms with E-state index in [1.54, 1.807) is 0 Å². The van der Waals surface area contributed by atoms with Crippen molar-refractivity contribution in [2.45, 2.75) is 19.8 Å². The quantitative estimate of drug-likeness (QED) is 0.848. The predicted molar refractivity (Wildman–Crippen MR) is 69.3 cm³/mol. The summed E-state index contributed by atoms with van der Waals surface area (Å²) in [7, 11) is 3.88. The van der Waals surface area contributed by atoms with Crippen molar-refractivity contribution in [3.63, 3.8) is 0 Å². The summed E-state index contributed by atoms with van der Waals surface area (Å²) in [6.45, 7) is 1.49. The van der Waals surface area contributed by atoms with Crippen LogP contribution in [-0.2, 0) is 9.59 Å². The van der Waals surface area contributed by atoms with Crippen LogP contribution in [0, 0.1) is 0 Å². The van der Waals surface area contributed by atoms with Crippen molar-refractivity contribution in [3.05, 3.63) is 24.3 Å². The molecule has 0 unspecified atom stereocenters. The van der Waals surface area contributed by atoms with Crippen molar-refractivity contribution in [1.82, 2.24) is 0 Å². The van der Waals surface area contributed by atoms with Gasteiger partial charge in [0.25, 0.3) is 0 Å². The summed E-state index contributed by atoms with van der Waals surface area (Å²) in [5.41, 5.74) is 1.78. The zero-order valence-corrected chi connectivity index (χ0v) is 10.5. The fourth-order valence-corrected chi connectivity index (χ4v) is 1.37. The van der Waals surface area contributed by atoms with Crippen LogP contribution in [0.3, 0.4) is 0 Å². The Morgan fingerprint density at radius 2 is 1.94 bits per heavy atom. The summed E-state index contributed by atoms with van der Waals surface area (Å²) in [6, 6.07) is 7.57. The van der Waals surface area contributed by atoms with E-state index in [2.05, 4.69) is 5.32 Å². The van der Waals surface area contributed by atoms with Crippen LogP contribution in [0.1, 0.15) is 19.8 Å². The fourth-order valence-electron chi connectivity index (χ4n) is 1.37. The molecule has 0 fully saturated rings. The molecule has 0 saturated heterocycles. The Hall–Kier alpha value is -1.84. The first-order chi connectivity index (χ1) is 7.99. The first-order valence-corrected chi connectivity index (χ1v) is 5.55. The number of hydrogen-bond donors (Lipinski definition) is 1. The fraction of sp³-hybridized carbons (Fsp3) is 0.385. The van der Waals surface area contributed by atoms with Gasteiger partial charge in [0.05, 0.1) is 0 Å². The van der Waals surface area contributed by atoms with Crippen molar-refractivity contribution in [2.24, 2.45) is 0 Å². The Bertz CT molecular complexity index is 414. The van der Waals surface area contributed by atoms with E-state index in [0.29, 0.717) is 6.42 Å². The van der Waals surface area contributed by atoms with Crippen LogP contribution in [0.25, 0.3) is 0 Å². The molecule has 92 valence electrons. The van der Waals surface area contributed by atoms with E-state index in [9.17, 15) is 9.59 Å². The predicted octanol–water partition coefficient (Wildman–Crippen LogP) is 2.06. The van der Waals surface area contributed by atoms with E-state index in [1.165, 1.54) is 6.92 Å². The first-order valence-electron chi connectivity index (χ1n) is 5.55. The second-order valence-electron chi connectivity index (χ2n) is 4.19. The number of rotatable bonds is 5. The molecule has 1 aromatic carbocycles. The van der Waals surface area contributed by atoms with Gasteiger partial charge >= 0.3 is 0 Å². The molecule has 1 N–H and O–H groups in total. The highest BCUT2D eigenvalue weighted by molar-refractivity contribution is 5.93. The van der Waals surface area contributed by atoms with Crippen molar-refractivity contribution in [2.75, 3.05) is 24.3 Å². The van der Waals surface area contributed by atoms with E-state index < -0.39 is 0 Å². The molecular formula is C13H18N2O2. The Morgan fingerprint density at radius 1 is 1.24 bits per heavy atom. The monoisotopic (exact) mass is 234 g/mol. The Labute approximate surface area is 102 Å². The van der Waals surface area contributed by atoms with Gasteiger partial charge < -0.3 is 15.0 Å². The largest absolute Gasteiger partial charge is 0.378 e. The van der Waals surface area contributed by atoms with Gasteiger partial charge in [0, 0.05) is 38.3 Å². The van der Waals surface area contributed by atoms with Crippen LogP contribution in [0.4, 0.5) is 11.4 Å². The van der Waals surface area contributed by atoms with Crippen LogP contribution in [0.2, 0.25) is 0 Å². The second-order valence-corrected chi connectivity index (χ2v) is 4.19. The summed E-state index contributed by atoms with van der Waals surface area (Å²) in [4.78, 5) is 24.2. The van der Waals surface area contributed by atoms with Crippen LogP contribution in [-0.4, -0.2) is 25.8 Å². The van der Waals surface area contributed by atoms with E-state index in [1.807, 2.05) is 43.3 Å². The molecule has 4 nitrogen and oxygen atoms in total. The maximum atomic E-state index is 11.5. The van der Waals surface area contributed by atoms with Gasteiger partial charge in [-0.15, -0.1) is 0 Å². The smallest absolute Gasteiger partial charge is 0.224 e. The second kappa shape index (κ2) is 6.03. The zero-order valence-electron chi connectivity index (χ0n) is 10.5. The number of amides is 1. The van der Waals surface area contributed by atoms with Crippen LogP contribution < -0.4 is 10.2 Å². The molecular weight excluding hydrogens is 216 g/mol. The number of nitrogens with one attached hydrogen (secondary N) is 1. The lowest BCUT2D eigenvalue weighted by Gasteiger charge is -2.13. The molecule has 0 bridgehead atoms. The lowest BCUT2D eigenvalue weighted by Crippen LogP contribution is -2.13. The summed E-state index contributed by atoms with van der Waals surface area (Å²) in [5, 5.41) is 2.77. The summed E-state index contributed by atoms with van der Waals surface area (Å²) in [6.07, 6.45) is 0.529. The number of benzene rings is 1. The summed E-state index contributed by atoms with van der Waals surface area (Å²) in [5.74, 6) is -0.0988. The van der Waals surface area contributed by atoms with E-state index in [-0.39, 0.29) is 18.1 Å². The molecule has 0 radical (unpaired) electrons. The number of ketones is 1. The van der Waals surface area contributed by atoms with Gasteiger partial charge in [-0.25, -0.2) is 0 Å². The van der Waals surface area contributed by atoms with Crippen LogP contribution in [0.15, 0.2) is 24.3 Å². The number of carbonyl (C=O) groups excluding carboxylic acids is 2. The Kier molecular flexibility index (Phi) is 4.69. The van der Waals surface area contributed by atoms with Gasteiger partial charge in [-0.2, -0.15) is 0 Å². The maximum Gasteiger partial charge on any atom is 0.224 e. The van der Waals surface area contributed by atoms with Gasteiger partial charge in [0.2, 0.25) is 5.91 Å². The molecule has 0 aliphatic heterocycles. The normalized spacial score (nSPS) is 9.82. The highest BCUT2D eigenvalue weighted by atomic mass is 16.2. The van der Waals surface area contributed by atoms with Crippen LogP contribution in [0.5, 0.6) is 0 Å². The lowest BCUT2D eigenvalue weighted by atomic mass is 10.2. The molecule has 0 aliphatic carbocycles. The third-order valence-corrected chi connectivity index (χ3v) is 2.35. The van der Waals surface area contributed by atoms with Crippen molar-refractivity contribution < 1.29 is 9.59 Å². The minimum atomic E-state index is -0.129. The highest BCUT2D eigenvalue weighted by Gasteiger charge is 2.05. The maximum absolute atomic E-state index is 11.5. The lowest BCUT2D eigenvalue weighted by molar-refractivity contribution is -0.121. The van der Waals surface area contributed by atoms with Gasteiger partial charge in [-0.3, -0.25) is 4.79 Å². The molecule has 4 heteroatoms. The number of nitrogens with zero attached hydrogens (tertiary/aromatic N) is 1. The highest BCUT2D eigenvalue weighted by Crippen LogP contribution is 2.17. The van der Waals surface area contributed by atoms with E-state index >= 15 is 0 Å². The van der Waals surface area contributed by atoms with Gasteiger partial charge in [0.1, 0.15) is 5.78 Å². The Morgan fingerprint density at radius 3 is 2.53 bits per heavy atom. The molecule has 1 amide bonds. The SMILES string of the molecule is CC(=O)CCC(=O)Nc1cccc(N(C)C)c1. The molecule has 1 aromatic rings. The van der Waals surface area contributed by atoms with Gasteiger partial charge in [-0.1, -0.05) is 6.07 Å². The molecule has 0 aliphatic rings.